The van der Waals surface area contributed by atoms with Gasteiger partial charge in [0.2, 0.25) is 11.8 Å². The van der Waals surface area contributed by atoms with E-state index in [0.29, 0.717) is 13.1 Å². The number of carboxylic acids is 1. The number of hydrogen-bond acceptors (Lipinski definition) is 6. The van der Waals surface area contributed by atoms with Gasteiger partial charge in [0.1, 0.15) is 17.6 Å². The van der Waals surface area contributed by atoms with Gasteiger partial charge in [-0.2, -0.15) is 13.2 Å². The van der Waals surface area contributed by atoms with Gasteiger partial charge in [-0.3, -0.25) is 19.2 Å². The number of carboxylic acid groups (broad SMARTS) is 1. The molecule has 0 aliphatic carbocycles. The molecule has 1 aliphatic rings. The van der Waals surface area contributed by atoms with E-state index >= 15 is 0 Å². The molecule has 0 aromatic heterocycles. The Balaban J connectivity index is 3.24. The summed E-state index contributed by atoms with van der Waals surface area (Å²) < 4.78 is 43.9. The van der Waals surface area contributed by atoms with Crippen molar-refractivity contribution in [1.82, 2.24) is 15.1 Å². The van der Waals surface area contributed by atoms with Gasteiger partial charge in [-0.05, 0) is 32.1 Å². The highest BCUT2D eigenvalue weighted by atomic mass is 19.4. The lowest BCUT2D eigenvalue weighted by molar-refractivity contribution is -0.147. The second-order valence-electron chi connectivity index (χ2n) is 9.04. The molecule has 0 saturated carbocycles. The first-order valence-corrected chi connectivity index (χ1v) is 11.4. The molecule has 0 aromatic carbocycles. The number of aliphatic carboxylic acids is 1. The van der Waals surface area contributed by atoms with Crippen LogP contribution in [0.15, 0.2) is 4.99 Å². The zero-order valence-electron chi connectivity index (χ0n) is 20.9. The minimum atomic E-state index is -4.92. The van der Waals surface area contributed by atoms with E-state index in [0.717, 1.165) is 24.9 Å². The number of nitrogens with one attached hydrogen (secondary N) is 1. The number of methoxy groups -OCH3 is 1. The van der Waals surface area contributed by atoms with Crippen molar-refractivity contribution < 1.29 is 42.2 Å². The summed E-state index contributed by atoms with van der Waals surface area (Å²) in [5.74, 6) is -5.58. The Morgan fingerprint density at radius 3 is 2.11 bits per heavy atom. The predicted molar refractivity (Wildman–Crippen MR) is 121 cm³/mol. The van der Waals surface area contributed by atoms with Crippen LogP contribution in [0.1, 0.15) is 53.4 Å². The van der Waals surface area contributed by atoms with Crippen LogP contribution in [0.2, 0.25) is 0 Å². The van der Waals surface area contributed by atoms with Crippen LogP contribution in [-0.2, 0) is 23.9 Å². The van der Waals surface area contributed by atoms with Gasteiger partial charge >= 0.3 is 12.1 Å². The van der Waals surface area contributed by atoms with E-state index in [4.69, 9.17) is 0 Å². The molecule has 1 aliphatic heterocycles. The number of alkyl halides is 3. The van der Waals surface area contributed by atoms with Crippen LogP contribution < -0.4 is 5.32 Å². The standard InChI is InChI=1S/C22H35F3N4O6/c1-7-21(4,27-19(35-6)22(23,24)25)20(34)28(5)16(13(2)3)17(32)26-14(12-15(30)31)18(33)29-10-8-9-11-29/h13-14,16H,7-12H2,1-6H3,(H,26,32)(H,30,31)/b27-19-/t14-,16-,21?/m0/s1. The lowest BCUT2D eigenvalue weighted by atomic mass is 9.94. The number of aliphatic imine (C=N–C) groups is 1. The zero-order valence-corrected chi connectivity index (χ0v) is 20.9. The molecule has 1 saturated heterocycles. The molecule has 13 heteroatoms. The molecule has 0 aromatic rings. The summed E-state index contributed by atoms with van der Waals surface area (Å²) >= 11 is 0. The molecule has 0 spiro atoms. The average Bonchev–Trinajstić information content (AvgIpc) is 3.29. The summed E-state index contributed by atoms with van der Waals surface area (Å²) in [4.78, 5) is 56.6. The van der Waals surface area contributed by atoms with Crippen LogP contribution in [0.5, 0.6) is 0 Å². The first-order valence-electron chi connectivity index (χ1n) is 11.4. The Morgan fingerprint density at radius 1 is 1.17 bits per heavy atom. The first kappa shape index (κ1) is 30.2. The van der Waals surface area contributed by atoms with E-state index in [1.807, 2.05) is 0 Å². The third-order valence-corrected chi connectivity index (χ3v) is 5.98. The van der Waals surface area contributed by atoms with Crippen LogP contribution in [0.3, 0.4) is 0 Å². The number of carbonyl (C=O) groups is 4. The van der Waals surface area contributed by atoms with E-state index in [-0.39, 0.29) is 6.42 Å². The molecule has 3 amide bonds. The average molecular weight is 509 g/mol. The van der Waals surface area contributed by atoms with Crippen molar-refractivity contribution in [2.24, 2.45) is 10.9 Å². The molecule has 0 radical (unpaired) electrons. The maximum absolute atomic E-state index is 13.3. The number of carbonyl (C=O) groups excluding carboxylic acids is 3. The number of amides is 3. The number of ether oxygens (including phenoxy) is 1. The SMILES string of the molecule is CCC(C)(/N=C(\OC)C(F)(F)F)C(=O)N(C)[C@H](C(=O)N[C@@H](CC(=O)O)C(=O)N1CCCC1)C(C)C. The van der Waals surface area contributed by atoms with E-state index < -0.39 is 65.7 Å². The second-order valence-corrected chi connectivity index (χ2v) is 9.04. The van der Waals surface area contributed by atoms with E-state index in [1.54, 1.807) is 13.8 Å². The molecule has 200 valence electrons. The van der Waals surface area contributed by atoms with Crippen LogP contribution >= 0.6 is 0 Å². The van der Waals surface area contributed by atoms with Crippen LogP contribution in [0.4, 0.5) is 13.2 Å². The van der Waals surface area contributed by atoms with Crippen molar-refractivity contribution in [2.45, 2.75) is 77.2 Å². The van der Waals surface area contributed by atoms with Gasteiger partial charge in [-0.15, -0.1) is 0 Å². The molecular weight excluding hydrogens is 473 g/mol. The zero-order chi connectivity index (χ0) is 27.1. The van der Waals surface area contributed by atoms with E-state index in [2.05, 4.69) is 15.0 Å². The smallest absolute Gasteiger partial charge is 0.468 e. The van der Waals surface area contributed by atoms with Crippen molar-refractivity contribution in [1.29, 1.82) is 0 Å². The lowest BCUT2D eigenvalue weighted by Crippen LogP contribution is -2.59. The fourth-order valence-electron chi connectivity index (χ4n) is 3.95. The lowest BCUT2D eigenvalue weighted by Gasteiger charge is -2.36. The Kier molecular flexibility index (Phi) is 10.5. The number of hydrogen-bond donors (Lipinski definition) is 2. The molecule has 3 atom stereocenters. The van der Waals surface area contributed by atoms with Gasteiger partial charge in [0, 0.05) is 20.1 Å². The summed E-state index contributed by atoms with van der Waals surface area (Å²) in [6.45, 7) is 6.81. The molecule has 2 N–H and O–H groups in total. The Labute approximate surface area is 202 Å². The van der Waals surface area contributed by atoms with E-state index in [1.165, 1.54) is 25.8 Å². The second kappa shape index (κ2) is 12.2. The van der Waals surface area contributed by atoms with Crippen molar-refractivity contribution in [2.75, 3.05) is 27.2 Å². The van der Waals surface area contributed by atoms with Gasteiger partial charge < -0.3 is 25.0 Å². The highest BCUT2D eigenvalue weighted by molar-refractivity contribution is 5.96. The maximum Gasteiger partial charge on any atom is 0.468 e. The molecule has 10 nitrogen and oxygen atoms in total. The van der Waals surface area contributed by atoms with Gasteiger partial charge in [0.25, 0.3) is 11.8 Å². The first-order chi connectivity index (χ1) is 16.1. The summed E-state index contributed by atoms with van der Waals surface area (Å²) in [7, 11) is 2.05. The normalized spacial score (nSPS) is 18.0. The molecule has 1 heterocycles. The van der Waals surface area contributed by atoms with Gasteiger partial charge in [0.15, 0.2) is 0 Å². The van der Waals surface area contributed by atoms with Gasteiger partial charge in [0.05, 0.1) is 13.5 Å². The summed E-state index contributed by atoms with van der Waals surface area (Å²) in [5.41, 5.74) is -1.89. The molecule has 1 fully saturated rings. The number of rotatable bonds is 10. The highest BCUT2D eigenvalue weighted by Crippen LogP contribution is 2.26. The molecular formula is C22H35F3N4O6. The van der Waals surface area contributed by atoms with Crippen LogP contribution in [-0.4, -0.2) is 95.5 Å². The number of likely N-dealkylation sites (N-methyl/N-ethyl adjacent to an activating group) is 1. The monoisotopic (exact) mass is 508 g/mol. The van der Waals surface area contributed by atoms with Crippen molar-refractivity contribution >= 4 is 29.6 Å². The van der Waals surface area contributed by atoms with Crippen LogP contribution in [0, 0.1) is 5.92 Å². The van der Waals surface area contributed by atoms with Crippen molar-refractivity contribution in [3.8, 4) is 0 Å². The Hall–Kier alpha value is -2.86. The number of nitrogens with zero attached hydrogens (tertiary/aromatic N) is 3. The molecule has 1 unspecified atom stereocenters. The Bertz CT molecular complexity index is 826. The summed E-state index contributed by atoms with van der Waals surface area (Å²) in [6.07, 6.45) is -4.16. The Morgan fingerprint density at radius 2 is 1.71 bits per heavy atom. The van der Waals surface area contributed by atoms with Crippen molar-refractivity contribution in [3.63, 3.8) is 0 Å². The minimum absolute atomic E-state index is 0.124. The third-order valence-electron chi connectivity index (χ3n) is 5.98. The molecule has 1 rings (SSSR count). The summed E-state index contributed by atoms with van der Waals surface area (Å²) in [6, 6.07) is -2.55. The van der Waals surface area contributed by atoms with Gasteiger partial charge in [-0.1, -0.05) is 20.8 Å². The van der Waals surface area contributed by atoms with E-state index in [9.17, 15) is 37.5 Å². The number of halogens is 3. The minimum Gasteiger partial charge on any atom is -0.481 e. The van der Waals surface area contributed by atoms with Gasteiger partial charge in [-0.25, -0.2) is 4.99 Å². The number of likely N-dealkylation sites (tertiary alicyclic amines) is 1. The summed E-state index contributed by atoms with van der Waals surface area (Å²) in [5, 5.41) is 11.7. The van der Waals surface area contributed by atoms with Crippen molar-refractivity contribution in [3.05, 3.63) is 0 Å². The van der Waals surface area contributed by atoms with Crippen LogP contribution in [0.25, 0.3) is 0 Å². The molecule has 0 bridgehead atoms. The fraction of sp³-hybridized carbons (Fsp3) is 0.773. The highest BCUT2D eigenvalue weighted by Gasteiger charge is 2.45. The predicted octanol–water partition coefficient (Wildman–Crippen LogP) is 1.83. The maximum atomic E-state index is 13.3. The third kappa shape index (κ3) is 7.82. The quantitative estimate of drug-likeness (QED) is 0.342. The topological polar surface area (TPSA) is 129 Å². The largest absolute Gasteiger partial charge is 0.481 e. The molecule has 35 heavy (non-hydrogen) atoms. The fourth-order valence-corrected chi connectivity index (χ4v) is 3.95.